The maximum absolute atomic E-state index is 12.0. The van der Waals surface area contributed by atoms with Crippen LogP contribution in [0.5, 0.6) is 0 Å². The van der Waals surface area contributed by atoms with E-state index in [0.717, 1.165) is 29.9 Å². The molecule has 0 fully saturated rings. The van der Waals surface area contributed by atoms with E-state index in [2.05, 4.69) is 25.5 Å². The van der Waals surface area contributed by atoms with Gasteiger partial charge in [0, 0.05) is 24.5 Å². The summed E-state index contributed by atoms with van der Waals surface area (Å²) >= 11 is 0. The summed E-state index contributed by atoms with van der Waals surface area (Å²) < 4.78 is 6.58. The average Bonchev–Trinajstić information content (AvgIpc) is 3.08. The minimum Gasteiger partial charge on any atom is -0.361 e. The van der Waals surface area contributed by atoms with Gasteiger partial charge in [0.15, 0.2) is 0 Å². The third-order valence-corrected chi connectivity index (χ3v) is 3.39. The molecule has 3 heterocycles. The van der Waals surface area contributed by atoms with Crippen LogP contribution in [0.3, 0.4) is 0 Å². The topological polar surface area (TPSA) is 98.2 Å². The fourth-order valence-electron chi connectivity index (χ4n) is 2.23. The molecule has 0 aliphatic carbocycles. The Hall–Kier alpha value is -2.77. The van der Waals surface area contributed by atoms with E-state index in [1.807, 2.05) is 13.8 Å². The van der Waals surface area contributed by atoms with Gasteiger partial charge >= 0.3 is 0 Å². The number of aromatic nitrogens is 5. The third-order valence-electron chi connectivity index (χ3n) is 3.39. The zero-order chi connectivity index (χ0) is 15.5. The highest BCUT2D eigenvalue weighted by Crippen LogP contribution is 2.13. The van der Waals surface area contributed by atoms with Crippen LogP contribution in [0.25, 0.3) is 5.78 Å². The number of aryl methyl sites for hydroxylation is 2. The molecule has 0 aliphatic rings. The van der Waals surface area contributed by atoms with Crippen molar-refractivity contribution in [2.45, 2.75) is 26.7 Å². The van der Waals surface area contributed by atoms with Crippen molar-refractivity contribution in [3.63, 3.8) is 0 Å². The lowest BCUT2D eigenvalue weighted by molar-refractivity contribution is 0.0943. The van der Waals surface area contributed by atoms with Gasteiger partial charge in [-0.2, -0.15) is 4.98 Å². The van der Waals surface area contributed by atoms with Gasteiger partial charge in [0.2, 0.25) is 5.82 Å². The Morgan fingerprint density at radius 3 is 3.00 bits per heavy atom. The van der Waals surface area contributed by atoms with Crippen LogP contribution in [0.15, 0.2) is 23.0 Å². The van der Waals surface area contributed by atoms with Gasteiger partial charge in [0.05, 0.1) is 5.69 Å². The molecule has 3 rings (SSSR count). The number of fused-ring (bicyclic) bond motifs is 1. The van der Waals surface area contributed by atoms with E-state index >= 15 is 0 Å². The minimum atomic E-state index is -0.302. The highest BCUT2D eigenvalue weighted by molar-refractivity contribution is 5.90. The summed E-state index contributed by atoms with van der Waals surface area (Å²) in [4.78, 5) is 20.1. The summed E-state index contributed by atoms with van der Waals surface area (Å²) in [5.41, 5.74) is 2.00. The van der Waals surface area contributed by atoms with Gasteiger partial charge < -0.3 is 9.84 Å². The van der Waals surface area contributed by atoms with Crippen molar-refractivity contribution in [1.29, 1.82) is 0 Å². The molecule has 0 saturated carbocycles. The molecule has 0 aliphatic heterocycles. The van der Waals surface area contributed by atoms with Gasteiger partial charge in [-0.25, -0.2) is 9.50 Å². The van der Waals surface area contributed by atoms with Crippen LogP contribution in [0.2, 0.25) is 0 Å². The molecule has 3 aromatic heterocycles. The molecule has 0 radical (unpaired) electrons. The number of hydrogen-bond acceptors (Lipinski definition) is 6. The Kier molecular flexibility index (Phi) is 3.82. The van der Waals surface area contributed by atoms with E-state index in [0.29, 0.717) is 12.3 Å². The van der Waals surface area contributed by atoms with Crippen molar-refractivity contribution in [3.8, 4) is 0 Å². The number of carbonyl (C=O) groups excluding carboxylic acids is 1. The zero-order valence-corrected chi connectivity index (χ0v) is 12.4. The van der Waals surface area contributed by atoms with Crippen LogP contribution in [-0.4, -0.2) is 37.2 Å². The Balaban J connectivity index is 1.54. The second kappa shape index (κ2) is 5.92. The lowest BCUT2D eigenvalue weighted by atomic mass is 10.1. The normalized spacial score (nSPS) is 11.0. The maximum atomic E-state index is 12.0. The van der Waals surface area contributed by atoms with Gasteiger partial charge in [-0.15, -0.1) is 5.10 Å². The van der Waals surface area contributed by atoms with Crippen molar-refractivity contribution in [1.82, 2.24) is 30.1 Å². The quantitative estimate of drug-likeness (QED) is 0.708. The van der Waals surface area contributed by atoms with E-state index in [-0.39, 0.29) is 11.7 Å². The van der Waals surface area contributed by atoms with Crippen LogP contribution in [0, 0.1) is 13.8 Å². The van der Waals surface area contributed by atoms with E-state index in [1.165, 1.54) is 4.52 Å². The van der Waals surface area contributed by atoms with Crippen LogP contribution < -0.4 is 5.32 Å². The van der Waals surface area contributed by atoms with E-state index < -0.39 is 0 Å². The van der Waals surface area contributed by atoms with Crippen LogP contribution >= 0.6 is 0 Å². The summed E-state index contributed by atoms with van der Waals surface area (Å²) in [6.45, 7) is 4.34. The van der Waals surface area contributed by atoms with E-state index in [1.54, 1.807) is 18.5 Å². The molecule has 1 N–H and O–H groups in total. The summed E-state index contributed by atoms with van der Waals surface area (Å²) in [6, 6.07) is 1.73. The van der Waals surface area contributed by atoms with Gasteiger partial charge in [0.1, 0.15) is 5.76 Å². The lowest BCUT2D eigenvalue weighted by Crippen LogP contribution is -2.26. The third kappa shape index (κ3) is 2.80. The molecule has 0 bridgehead atoms. The number of hydrogen-bond donors (Lipinski definition) is 1. The van der Waals surface area contributed by atoms with Gasteiger partial charge in [-0.05, 0) is 32.8 Å². The number of carbonyl (C=O) groups is 1. The molecule has 0 unspecified atom stereocenters. The molecular weight excluding hydrogens is 284 g/mol. The molecule has 114 valence electrons. The van der Waals surface area contributed by atoms with Crippen molar-refractivity contribution < 1.29 is 9.32 Å². The number of nitrogens with zero attached hydrogens (tertiary/aromatic N) is 5. The molecule has 3 aromatic rings. The molecule has 0 spiro atoms. The zero-order valence-electron chi connectivity index (χ0n) is 12.4. The summed E-state index contributed by atoms with van der Waals surface area (Å²) in [5.74, 6) is 1.06. The van der Waals surface area contributed by atoms with Crippen molar-refractivity contribution in [2.75, 3.05) is 6.54 Å². The van der Waals surface area contributed by atoms with Crippen LogP contribution in [0.1, 0.15) is 34.1 Å². The molecule has 22 heavy (non-hydrogen) atoms. The summed E-state index contributed by atoms with van der Waals surface area (Å²) in [7, 11) is 0. The number of amides is 1. The highest BCUT2D eigenvalue weighted by Gasteiger charge is 2.13. The Bertz CT molecular complexity index is 754. The van der Waals surface area contributed by atoms with E-state index in [9.17, 15) is 4.79 Å². The first-order valence-corrected chi connectivity index (χ1v) is 7.02. The molecule has 1 amide bonds. The van der Waals surface area contributed by atoms with Gasteiger partial charge in [-0.3, -0.25) is 4.79 Å². The highest BCUT2D eigenvalue weighted by atomic mass is 16.5. The fraction of sp³-hybridized carbons (Fsp3) is 0.357. The standard InChI is InChI=1S/C14H16N6O2/c1-9-11(10(2)22-19-9)5-3-6-15-13(21)12-17-14-16-7-4-8-20(14)18-12/h4,7-8H,3,5-6H2,1-2H3,(H,15,21). The Morgan fingerprint density at radius 1 is 1.41 bits per heavy atom. The van der Waals surface area contributed by atoms with Crippen molar-refractivity contribution in [2.24, 2.45) is 0 Å². The first-order chi connectivity index (χ1) is 10.6. The van der Waals surface area contributed by atoms with Crippen molar-refractivity contribution in [3.05, 3.63) is 41.3 Å². The first kappa shape index (κ1) is 14.2. The largest absolute Gasteiger partial charge is 0.361 e. The molecule has 0 atom stereocenters. The average molecular weight is 300 g/mol. The van der Waals surface area contributed by atoms with Gasteiger partial charge in [-0.1, -0.05) is 5.16 Å². The molecule has 8 nitrogen and oxygen atoms in total. The van der Waals surface area contributed by atoms with Crippen LogP contribution in [0.4, 0.5) is 0 Å². The summed E-state index contributed by atoms with van der Waals surface area (Å²) in [5, 5.41) is 10.8. The Labute approximate surface area is 126 Å². The second-order valence-corrected chi connectivity index (χ2v) is 4.96. The van der Waals surface area contributed by atoms with Gasteiger partial charge in [0.25, 0.3) is 11.7 Å². The smallest absolute Gasteiger partial charge is 0.291 e. The molecular formula is C14H16N6O2. The minimum absolute atomic E-state index is 0.121. The predicted octanol–water partition coefficient (Wildman–Crippen LogP) is 1.09. The lowest BCUT2D eigenvalue weighted by Gasteiger charge is -2.02. The fourth-order valence-corrected chi connectivity index (χ4v) is 2.23. The van der Waals surface area contributed by atoms with E-state index in [4.69, 9.17) is 4.52 Å². The maximum Gasteiger partial charge on any atom is 0.291 e. The summed E-state index contributed by atoms with van der Waals surface area (Å²) in [6.07, 6.45) is 4.90. The molecule has 0 aromatic carbocycles. The van der Waals surface area contributed by atoms with Crippen LogP contribution in [-0.2, 0) is 6.42 Å². The molecule has 8 heteroatoms. The Morgan fingerprint density at radius 2 is 2.27 bits per heavy atom. The monoisotopic (exact) mass is 300 g/mol. The number of rotatable bonds is 5. The second-order valence-electron chi connectivity index (χ2n) is 4.96. The number of nitrogens with one attached hydrogen (secondary N) is 1. The predicted molar refractivity (Wildman–Crippen MR) is 77.4 cm³/mol. The van der Waals surface area contributed by atoms with Crippen molar-refractivity contribution >= 4 is 11.7 Å². The SMILES string of the molecule is Cc1noc(C)c1CCCNC(=O)c1nc2ncccn2n1. The molecule has 0 saturated heterocycles. The first-order valence-electron chi connectivity index (χ1n) is 7.02.